The van der Waals surface area contributed by atoms with Crippen LogP contribution in [0.15, 0.2) is 11.1 Å². The van der Waals surface area contributed by atoms with Crippen molar-refractivity contribution in [2.75, 3.05) is 13.7 Å². The first-order valence-corrected chi connectivity index (χ1v) is 5.48. The summed E-state index contributed by atoms with van der Waals surface area (Å²) >= 11 is 5.70. The normalized spacial score (nSPS) is 10.4. The van der Waals surface area contributed by atoms with Crippen LogP contribution in [0.1, 0.15) is 19.3 Å². The molecule has 0 saturated heterocycles. The van der Waals surface area contributed by atoms with E-state index in [1.54, 1.807) is 0 Å². The van der Waals surface area contributed by atoms with Crippen molar-refractivity contribution in [3.63, 3.8) is 0 Å². The molecule has 0 radical (unpaired) electrons. The summed E-state index contributed by atoms with van der Waals surface area (Å²) in [6.45, 7) is 0.733. The molecule has 1 rings (SSSR count). The summed E-state index contributed by atoms with van der Waals surface area (Å²) in [6.07, 6.45) is 3.83. The minimum absolute atomic E-state index is 0.0753. The van der Waals surface area contributed by atoms with E-state index in [1.807, 2.05) is 0 Å². The van der Waals surface area contributed by atoms with Gasteiger partial charge in [-0.05, 0) is 19.3 Å². The van der Waals surface area contributed by atoms with E-state index < -0.39 is 0 Å². The summed E-state index contributed by atoms with van der Waals surface area (Å²) in [5, 5.41) is 8.70. The van der Waals surface area contributed by atoms with Crippen LogP contribution in [0.25, 0.3) is 0 Å². The molecule has 1 N–H and O–H groups in total. The van der Waals surface area contributed by atoms with Crippen molar-refractivity contribution in [2.45, 2.75) is 25.8 Å². The highest BCUT2D eigenvalue weighted by Gasteiger charge is 2.09. The number of aromatic nitrogens is 2. The van der Waals surface area contributed by atoms with Crippen LogP contribution in [0.2, 0.25) is 5.15 Å². The lowest BCUT2D eigenvalue weighted by Crippen LogP contribution is -2.22. The van der Waals surface area contributed by atoms with Gasteiger partial charge in [0.15, 0.2) is 5.15 Å². The fraction of sp³-hybridized carbons (Fsp3) is 0.600. The Bertz CT molecular complexity index is 392. The maximum absolute atomic E-state index is 11.7. The fourth-order valence-corrected chi connectivity index (χ4v) is 1.55. The molecule has 0 fully saturated rings. The molecule has 0 unspecified atom stereocenters. The standard InChI is InChI=1S/C10H15ClN2O3/c1-16-8-9(11)12-7-13(10(8)15)5-3-2-4-6-14/h7,14H,2-6H2,1H3. The van der Waals surface area contributed by atoms with Gasteiger partial charge in [-0.15, -0.1) is 0 Å². The van der Waals surface area contributed by atoms with E-state index in [0.717, 1.165) is 19.3 Å². The molecule has 1 aromatic heterocycles. The lowest BCUT2D eigenvalue weighted by Gasteiger charge is -2.07. The van der Waals surface area contributed by atoms with Crippen molar-refractivity contribution in [2.24, 2.45) is 0 Å². The highest BCUT2D eigenvalue weighted by Crippen LogP contribution is 2.14. The molecule has 6 heteroatoms. The van der Waals surface area contributed by atoms with Crippen LogP contribution in [0.4, 0.5) is 0 Å². The summed E-state index contributed by atoms with van der Waals surface area (Å²) in [5.74, 6) is 0.0753. The Morgan fingerprint density at radius 3 is 2.88 bits per heavy atom. The maximum Gasteiger partial charge on any atom is 0.297 e. The van der Waals surface area contributed by atoms with Crippen molar-refractivity contribution in [1.82, 2.24) is 9.55 Å². The van der Waals surface area contributed by atoms with Crippen molar-refractivity contribution in [3.8, 4) is 5.75 Å². The lowest BCUT2D eigenvalue weighted by atomic mass is 10.2. The van der Waals surface area contributed by atoms with Gasteiger partial charge in [0.2, 0.25) is 5.75 Å². The first-order valence-electron chi connectivity index (χ1n) is 5.10. The smallest absolute Gasteiger partial charge is 0.297 e. The van der Waals surface area contributed by atoms with Gasteiger partial charge in [-0.1, -0.05) is 11.6 Å². The Morgan fingerprint density at radius 1 is 1.50 bits per heavy atom. The predicted molar refractivity (Wildman–Crippen MR) is 61.0 cm³/mol. The Morgan fingerprint density at radius 2 is 2.25 bits per heavy atom. The number of rotatable bonds is 6. The largest absolute Gasteiger partial charge is 0.489 e. The minimum atomic E-state index is -0.272. The number of unbranched alkanes of at least 4 members (excludes halogenated alkanes) is 2. The molecule has 0 atom stereocenters. The molecule has 1 heterocycles. The lowest BCUT2D eigenvalue weighted by molar-refractivity contribution is 0.281. The molecule has 0 saturated carbocycles. The number of halogens is 1. The third-order valence-corrected chi connectivity index (χ3v) is 2.48. The third kappa shape index (κ3) is 3.21. The van der Waals surface area contributed by atoms with E-state index in [9.17, 15) is 4.79 Å². The Labute approximate surface area is 98.6 Å². The summed E-state index contributed by atoms with van der Waals surface area (Å²) in [7, 11) is 1.39. The maximum atomic E-state index is 11.7. The van der Waals surface area contributed by atoms with Gasteiger partial charge in [0.05, 0.1) is 13.4 Å². The molecule has 0 aliphatic heterocycles. The molecular weight excluding hydrogens is 232 g/mol. The van der Waals surface area contributed by atoms with Crippen molar-refractivity contribution < 1.29 is 9.84 Å². The van der Waals surface area contributed by atoms with Crippen molar-refractivity contribution in [1.29, 1.82) is 0 Å². The van der Waals surface area contributed by atoms with Gasteiger partial charge in [-0.3, -0.25) is 9.36 Å². The van der Waals surface area contributed by atoms with Crippen LogP contribution in [0.5, 0.6) is 5.75 Å². The fourth-order valence-electron chi connectivity index (χ4n) is 1.35. The number of hydrogen-bond donors (Lipinski definition) is 1. The SMILES string of the molecule is COc1c(Cl)ncn(CCCCCO)c1=O. The summed E-state index contributed by atoms with van der Waals surface area (Å²) in [4.78, 5) is 15.6. The van der Waals surface area contributed by atoms with E-state index in [2.05, 4.69) is 4.98 Å². The summed E-state index contributed by atoms with van der Waals surface area (Å²) in [6, 6.07) is 0. The van der Waals surface area contributed by atoms with Gasteiger partial charge in [-0.2, -0.15) is 0 Å². The van der Waals surface area contributed by atoms with Gasteiger partial charge in [0.1, 0.15) is 0 Å². The van der Waals surface area contributed by atoms with Gasteiger partial charge in [-0.25, -0.2) is 4.98 Å². The second-order valence-electron chi connectivity index (χ2n) is 3.35. The predicted octanol–water partition coefficient (Wildman–Crippen LogP) is 1.07. The summed E-state index contributed by atoms with van der Waals surface area (Å²) in [5.41, 5.74) is -0.272. The molecule has 5 nitrogen and oxygen atoms in total. The quantitative estimate of drug-likeness (QED) is 0.602. The molecule has 1 aromatic rings. The molecular formula is C10H15ClN2O3. The van der Waals surface area contributed by atoms with Gasteiger partial charge in [0.25, 0.3) is 5.56 Å². The molecule has 0 bridgehead atoms. The Kier molecular flexibility index (Phi) is 5.28. The number of aryl methyl sites for hydroxylation is 1. The van der Waals surface area contributed by atoms with Crippen LogP contribution in [-0.2, 0) is 6.54 Å². The molecule has 0 aliphatic carbocycles. The first-order chi connectivity index (χ1) is 7.70. The second-order valence-corrected chi connectivity index (χ2v) is 3.71. The van der Waals surface area contributed by atoms with E-state index in [1.165, 1.54) is 18.0 Å². The van der Waals surface area contributed by atoms with Gasteiger partial charge >= 0.3 is 0 Å². The van der Waals surface area contributed by atoms with Crippen LogP contribution >= 0.6 is 11.6 Å². The van der Waals surface area contributed by atoms with Crippen LogP contribution in [-0.4, -0.2) is 28.4 Å². The van der Waals surface area contributed by atoms with Crippen molar-refractivity contribution in [3.05, 3.63) is 21.8 Å². The molecule has 0 aromatic carbocycles. The van der Waals surface area contributed by atoms with E-state index in [4.69, 9.17) is 21.4 Å². The van der Waals surface area contributed by atoms with Crippen LogP contribution in [0, 0.1) is 0 Å². The number of aliphatic hydroxyl groups excluding tert-OH is 1. The first kappa shape index (κ1) is 13.0. The number of hydrogen-bond acceptors (Lipinski definition) is 4. The highest BCUT2D eigenvalue weighted by molar-refractivity contribution is 6.30. The molecule has 0 spiro atoms. The van der Waals surface area contributed by atoms with Crippen molar-refractivity contribution >= 4 is 11.6 Å². The summed E-state index contributed by atoms with van der Waals surface area (Å²) < 4.78 is 6.34. The average Bonchev–Trinajstić information content (AvgIpc) is 2.28. The van der Waals surface area contributed by atoms with E-state index in [-0.39, 0.29) is 23.1 Å². The number of methoxy groups -OCH3 is 1. The molecule has 0 aliphatic rings. The zero-order valence-corrected chi connectivity index (χ0v) is 9.90. The average molecular weight is 247 g/mol. The number of aliphatic hydroxyl groups is 1. The monoisotopic (exact) mass is 246 g/mol. The zero-order chi connectivity index (χ0) is 12.0. The molecule has 0 amide bonds. The Balaban J connectivity index is 2.70. The van der Waals surface area contributed by atoms with Gasteiger partial charge < -0.3 is 9.84 Å². The second kappa shape index (κ2) is 6.50. The highest BCUT2D eigenvalue weighted by atomic mass is 35.5. The third-order valence-electron chi connectivity index (χ3n) is 2.21. The topological polar surface area (TPSA) is 64.3 Å². The van der Waals surface area contributed by atoms with Crippen LogP contribution < -0.4 is 10.3 Å². The van der Waals surface area contributed by atoms with Gasteiger partial charge in [0, 0.05) is 13.2 Å². The minimum Gasteiger partial charge on any atom is -0.489 e. The Hall–Kier alpha value is -1.07. The number of nitrogens with zero attached hydrogens (tertiary/aromatic N) is 2. The molecule has 16 heavy (non-hydrogen) atoms. The zero-order valence-electron chi connectivity index (χ0n) is 9.15. The van der Waals surface area contributed by atoms with E-state index in [0.29, 0.717) is 6.54 Å². The van der Waals surface area contributed by atoms with E-state index >= 15 is 0 Å². The molecule has 90 valence electrons. The van der Waals surface area contributed by atoms with Crippen LogP contribution in [0.3, 0.4) is 0 Å². The number of ether oxygens (including phenoxy) is 1.